The van der Waals surface area contributed by atoms with Gasteiger partial charge in [-0.15, -0.1) is 0 Å². The second-order valence-corrected chi connectivity index (χ2v) is 5.82. The zero-order chi connectivity index (χ0) is 17.2. The number of fused-ring (bicyclic) bond motifs is 2. The average molecular weight is 331 g/mol. The van der Waals surface area contributed by atoms with Gasteiger partial charge in [-0.05, 0) is 43.2 Å². The van der Waals surface area contributed by atoms with Gasteiger partial charge in [-0.25, -0.2) is 9.50 Å². The molecule has 1 aliphatic rings. The number of imidazole rings is 1. The number of hydrogen-bond donors (Lipinski definition) is 0. The molecule has 0 bridgehead atoms. The van der Waals surface area contributed by atoms with E-state index in [1.807, 2.05) is 44.6 Å². The lowest BCUT2D eigenvalue weighted by molar-refractivity contribution is 0.922. The van der Waals surface area contributed by atoms with Crippen LogP contribution in [0.3, 0.4) is 0 Å². The minimum atomic E-state index is 0. The van der Waals surface area contributed by atoms with Crippen molar-refractivity contribution in [2.45, 2.75) is 20.3 Å². The Kier molecular flexibility index (Phi) is 3.98. The van der Waals surface area contributed by atoms with E-state index < -0.39 is 0 Å². The quantitative estimate of drug-likeness (QED) is 0.682. The predicted molar refractivity (Wildman–Crippen MR) is 103 cm³/mol. The minimum Gasteiger partial charge on any atom is -0.293 e. The van der Waals surface area contributed by atoms with E-state index in [-0.39, 0.29) is 1.43 Å². The van der Waals surface area contributed by atoms with Crippen molar-refractivity contribution in [3.8, 4) is 0 Å². The summed E-state index contributed by atoms with van der Waals surface area (Å²) in [6, 6.07) is 6.08. The summed E-state index contributed by atoms with van der Waals surface area (Å²) >= 11 is 0. The molecule has 0 unspecified atom stereocenters. The zero-order valence-electron chi connectivity index (χ0n) is 14.3. The van der Waals surface area contributed by atoms with Crippen molar-refractivity contribution >= 4 is 23.0 Å². The molecule has 25 heavy (non-hydrogen) atoms. The van der Waals surface area contributed by atoms with Crippen LogP contribution in [0.1, 0.15) is 37.8 Å². The highest BCUT2D eigenvalue weighted by Gasteiger charge is 2.22. The molecule has 0 aromatic carbocycles. The van der Waals surface area contributed by atoms with Crippen LogP contribution in [0, 0.1) is 0 Å². The summed E-state index contributed by atoms with van der Waals surface area (Å²) in [6.45, 7) is 4.85. The van der Waals surface area contributed by atoms with E-state index in [4.69, 9.17) is 5.10 Å². The number of aromatic nitrogens is 4. The van der Waals surface area contributed by atoms with E-state index in [1.54, 1.807) is 10.7 Å². The number of aliphatic imine (C=N–C) groups is 1. The smallest absolute Gasteiger partial charge is 0.153 e. The SMILES string of the molecule is C/C=C(\C=NCC)c1ccnc2c1C(c1ccc3nccn3n1)=CC2.[HH]. The largest absolute Gasteiger partial charge is 0.293 e. The molecule has 3 aromatic rings. The van der Waals surface area contributed by atoms with E-state index in [2.05, 4.69) is 33.2 Å². The van der Waals surface area contributed by atoms with Crippen LogP contribution in [-0.4, -0.2) is 32.3 Å². The monoisotopic (exact) mass is 331 g/mol. The highest BCUT2D eigenvalue weighted by atomic mass is 15.2. The van der Waals surface area contributed by atoms with Crippen molar-refractivity contribution in [3.05, 3.63) is 71.5 Å². The van der Waals surface area contributed by atoms with Crippen LogP contribution in [0.2, 0.25) is 0 Å². The molecule has 3 aromatic heterocycles. The molecule has 0 amide bonds. The molecule has 5 nitrogen and oxygen atoms in total. The van der Waals surface area contributed by atoms with Crippen molar-refractivity contribution in [1.82, 2.24) is 19.6 Å². The van der Waals surface area contributed by atoms with Crippen molar-refractivity contribution in [3.63, 3.8) is 0 Å². The molecule has 1 aliphatic carbocycles. The number of hydrogen-bond acceptors (Lipinski definition) is 4. The molecule has 126 valence electrons. The van der Waals surface area contributed by atoms with E-state index >= 15 is 0 Å². The molecule has 0 atom stereocenters. The highest BCUT2D eigenvalue weighted by molar-refractivity contribution is 6.12. The summed E-state index contributed by atoms with van der Waals surface area (Å²) < 4.78 is 1.80. The maximum Gasteiger partial charge on any atom is 0.153 e. The van der Waals surface area contributed by atoms with Gasteiger partial charge < -0.3 is 0 Å². The van der Waals surface area contributed by atoms with Crippen molar-refractivity contribution < 1.29 is 1.43 Å². The first-order valence-electron chi connectivity index (χ1n) is 8.47. The fraction of sp³-hybridized carbons (Fsp3) is 0.200. The molecule has 5 heteroatoms. The van der Waals surface area contributed by atoms with Crippen molar-refractivity contribution in [2.24, 2.45) is 4.99 Å². The first-order chi connectivity index (χ1) is 12.3. The predicted octanol–water partition coefficient (Wildman–Crippen LogP) is 3.85. The van der Waals surface area contributed by atoms with Gasteiger partial charge in [-0.1, -0.05) is 12.2 Å². The van der Waals surface area contributed by atoms with E-state index in [9.17, 15) is 0 Å². The van der Waals surface area contributed by atoms with E-state index in [0.29, 0.717) is 0 Å². The molecular formula is C20H21N5. The van der Waals surface area contributed by atoms with Gasteiger partial charge in [0.15, 0.2) is 5.65 Å². The Morgan fingerprint density at radius 2 is 2.20 bits per heavy atom. The highest BCUT2D eigenvalue weighted by Crippen LogP contribution is 2.35. The molecule has 0 fully saturated rings. The first kappa shape index (κ1) is 15.4. The van der Waals surface area contributed by atoms with Gasteiger partial charge in [-0.2, -0.15) is 5.10 Å². The van der Waals surface area contributed by atoms with Crippen LogP contribution in [0.5, 0.6) is 0 Å². The number of rotatable bonds is 4. The molecular weight excluding hydrogens is 310 g/mol. The molecule has 0 N–H and O–H groups in total. The Morgan fingerprint density at radius 1 is 1.28 bits per heavy atom. The summed E-state index contributed by atoms with van der Waals surface area (Å²) in [5.74, 6) is 0. The summed E-state index contributed by atoms with van der Waals surface area (Å²) in [6.07, 6.45) is 12.6. The molecule has 4 rings (SSSR count). The third-order valence-electron chi connectivity index (χ3n) is 4.36. The zero-order valence-corrected chi connectivity index (χ0v) is 14.3. The Balaban J connectivity index is 0.00000196. The number of nitrogens with zero attached hydrogens (tertiary/aromatic N) is 5. The van der Waals surface area contributed by atoms with Gasteiger partial charge in [-0.3, -0.25) is 9.98 Å². The van der Waals surface area contributed by atoms with Crippen molar-refractivity contribution in [1.29, 1.82) is 0 Å². The van der Waals surface area contributed by atoms with Crippen LogP contribution in [0.25, 0.3) is 16.8 Å². The Bertz CT molecular complexity index is 1030. The van der Waals surface area contributed by atoms with E-state index in [1.165, 1.54) is 0 Å². The van der Waals surface area contributed by atoms with Gasteiger partial charge in [0, 0.05) is 50.3 Å². The summed E-state index contributed by atoms with van der Waals surface area (Å²) in [5.41, 5.74) is 7.41. The third kappa shape index (κ3) is 2.67. The van der Waals surface area contributed by atoms with Crippen molar-refractivity contribution in [2.75, 3.05) is 6.54 Å². The molecule has 3 heterocycles. The maximum atomic E-state index is 4.71. The van der Waals surface area contributed by atoms with E-state index in [0.717, 1.165) is 52.3 Å². The Labute approximate surface area is 148 Å². The topological polar surface area (TPSA) is 55.4 Å². The fourth-order valence-electron chi connectivity index (χ4n) is 3.18. The second-order valence-electron chi connectivity index (χ2n) is 5.82. The molecule has 0 spiro atoms. The summed E-state index contributed by atoms with van der Waals surface area (Å²) in [7, 11) is 0. The second kappa shape index (κ2) is 6.43. The van der Waals surface area contributed by atoms with Crippen LogP contribution in [0.15, 0.2) is 53.9 Å². The van der Waals surface area contributed by atoms with Crippen LogP contribution >= 0.6 is 0 Å². The number of allylic oxidation sites excluding steroid dienone is 3. The normalized spacial score (nSPS) is 14.3. The lowest BCUT2D eigenvalue weighted by Gasteiger charge is -2.12. The summed E-state index contributed by atoms with van der Waals surface area (Å²) in [5, 5.41) is 4.71. The molecule has 0 aliphatic heterocycles. The van der Waals surface area contributed by atoms with Crippen LogP contribution in [0.4, 0.5) is 0 Å². The van der Waals surface area contributed by atoms with Gasteiger partial charge in [0.25, 0.3) is 0 Å². The molecule has 0 radical (unpaired) electrons. The first-order valence-corrected chi connectivity index (χ1v) is 8.47. The third-order valence-corrected chi connectivity index (χ3v) is 4.36. The standard InChI is InChI=1S/C20H19N5.H2/c1-3-14(13-21-4-2)15-9-10-22-18-6-5-16(20(15)18)17-7-8-19-23-11-12-25(19)24-17;/h3,5,7-13H,4,6H2,1-2H3;1H/b14-3+,21-13?;. The fourth-order valence-corrected chi connectivity index (χ4v) is 3.18. The lowest BCUT2D eigenvalue weighted by Crippen LogP contribution is -2.02. The Morgan fingerprint density at radius 3 is 3.04 bits per heavy atom. The summed E-state index contributed by atoms with van der Waals surface area (Å²) in [4.78, 5) is 13.3. The van der Waals surface area contributed by atoms with Gasteiger partial charge >= 0.3 is 0 Å². The average Bonchev–Trinajstić information content (AvgIpc) is 3.28. The maximum absolute atomic E-state index is 4.71. The van der Waals surface area contributed by atoms with Gasteiger partial charge in [0.05, 0.1) is 11.4 Å². The van der Waals surface area contributed by atoms with Crippen LogP contribution in [-0.2, 0) is 6.42 Å². The van der Waals surface area contributed by atoms with Gasteiger partial charge in [0.2, 0.25) is 0 Å². The van der Waals surface area contributed by atoms with Gasteiger partial charge in [0.1, 0.15) is 0 Å². The lowest BCUT2D eigenvalue weighted by atomic mass is 9.95. The molecule has 0 saturated heterocycles. The minimum absolute atomic E-state index is 0. The molecule has 0 saturated carbocycles. The van der Waals surface area contributed by atoms with Crippen LogP contribution < -0.4 is 0 Å². The number of pyridine rings is 1. The Hall–Kier alpha value is -3.08.